The summed E-state index contributed by atoms with van der Waals surface area (Å²) in [5, 5.41) is 9.75. The Morgan fingerprint density at radius 2 is 1.94 bits per heavy atom. The van der Waals surface area contributed by atoms with E-state index in [-0.39, 0.29) is 6.54 Å². The lowest BCUT2D eigenvalue weighted by Gasteiger charge is -2.21. The molecule has 0 spiro atoms. The van der Waals surface area contributed by atoms with Gasteiger partial charge >= 0.3 is 0 Å². The highest BCUT2D eigenvalue weighted by Gasteiger charge is 2.29. The minimum absolute atomic E-state index is 0.00213. The maximum Gasteiger partial charge on any atom is 0.216 e. The molecule has 17 heavy (non-hydrogen) atoms. The summed E-state index contributed by atoms with van der Waals surface area (Å²) in [5.41, 5.74) is 0.684. The third-order valence-electron chi connectivity index (χ3n) is 2.60. The molecule has 0 bridgehead atoms. The van der Waals surface area contributed by atoms with Crippen LogP contribution in [-0.2, 0) is 10.0 Å². The Morgan fingerprint density at radius 3 is 2.35 bits per heavy atom. The van der Waals surface area contributed by atoms with Crippen molar-refractivity contribution < 1.29 is 13.5 Å². The molecule has 102 valence electrons. The fourth-order valence-electron chi connectivity index (χ4n) is 1.12. The molecule has 0 radical (unpaired) electrons. The summed E-state index contributed by atoms with van der Waals surface area (Å²) in [5.74, 6) is 0. The number of aliphatic hydroxyl groups is 1. The molecule has 0 heterocycles. The Bertz CT molecular complexity index is 341. The van der Waals surface area contributed by atoms with Gasteiger partial charge in [0, 0.05) is 6.54 Å². The van der Waals surface area contributed by atoms with Gasteiger partial charge in [-0.2, -0.15) is 0 Å². The lowest BCUT2D eigenvalue weighted by molar-refractivity contribution is 0.209. The van der Waals surface area contributed by atoms with Crippen LogP contribution in [0.25, 0.3) is 0 Å². The maximum absolute atomic E-state index is 11.7. The Kier molecular flexibility index (Phi) is 6.37. The second kappa shape index (κ2) is 6.52. The third-order valence-corrected chi connectivity index (χ3v) is 4.75. The van der Waals surface area contributed by atoms with E-state index in [0.717, 1.165) is 19.3 Å². The Hall–Kier alpha value is -0.390. The van der Waals surface area contributed by atoms with Crippen molar-refractivity contribution in [2.24, 2.45) is 0 Å². The fourth-order valence-corrected chi connectivity index (χ4v) is 1.93. The van der Waals surface area contributed by atoms with Crippen molar-refractivity contribution in [3.63, 3.8) is 0 Å². The molecule has 0 aliphatic rings. The van der Waals surface area contributed by atoms with Crippen LogP contribution < -0.4 is 4.72 Å². The van der Waals surface area contributed by atoms with Gasteiger partial charge in [0.05, 0.1) is 10.9 Å². The number of aliphatic hydroxyl groups excluding tert-OH is 1. The van der Waals surface area contributed by atoms with E-state index in [0.29, 0.717) is 5.57 Å². The van der Waals surface area contributed by atoms with Gasteiger partial charge < -0.3 is 5.11 Å². The van der Waals surface area contributed by atoms with Crippen LogP contribution in [0.3, 0.4) is 0 Å². The molecule has 1 atom stereocenters. The van der Waals surface area contributed by atoms with Crippen LogP contribution in [-0.4, -0.2) is 30.9 Å². The summed E-state index contributed by atoms with van der Waals surface area (Å²) < 4.78 is 25.0. The van der Waals surface area contributed by atoms with E-state index in [1.54, 1.807) is 20.8 Å². The zero-order valence-corrected chi connectivity index (χ0v) is 12.1. The third kappa shape index (κ3) is 5.66. The van der Waals surface area contributed by atoms with Gasteiger partial charge in [0.1, 0.15) is 0 Å². The van der Waals surface area contributed by atoms with E-state index < -0.39 is 20.9 Å². The van der Waals surface area contributed by atoms with Gasteiger partial charge in [-0.1, -0.05) is 19.9 Å². The van der Waals surface area contributed by atoms with E-state index >= 15 is 0 Å². The van der Waals surface area contributed by atoms with Crippen molar-refractivity contribution in [2.75, 3.05) is 6.54 Å². The first-order valence-electron chi connectivity index (χ1n) is 5.96. The van der Waals surface area contributed by atoms with Crippen LogP contribution in [0.5, 0.6) is 0 Å². The van der Waals surface area contributed by atoms with E-state index in [1.807, 2.05) is 0 Å². The summed E-state index contributed by atoms with van der Waals surface area (Å²) in [7, 11) is -3.40. The highest BCUT2D eigenvalue weighted by molar-refractivity contribution is 7.90. The van der Waals surface area contributed by atoms with Gasteiger partial charge in [0.15, 0.2) is 0 Å². The van der Waals surface area contributed by atoms with Gasteiger partial charge in [-0.3, -0.25) is 0 Å². The molecule has 0 saturated carbocycles. The van der Waals surface area contributed by atoms with Gasteiger partial charge in [0.25, 0.3) is 0 Å². The number of sulfonamides is 1. The predicted molar refractivity (Wildman–Crippen MR) is 71.3 cm³/mol. The molecule has 0 aromatic carbocycles. The molecule has 0 fully saturated rings. The minimum atomic E-state index is -3.40. The summed E-state index contributed by atoms with van der Waals surface area (Å²) in [6, 6.07) is 0. The minimum Gasteiger partial charge on any atom is -0.387 e. The quantitative estimate of drug-likeness (QED) is 0.688. The highest BCUT2D eigenvalue weighted by Crippen LogP contribution is 2.14. The molecule has 0 aromatic rings. The summed E-state index contributed by atoms with van der Waals surface area (Å²) in [6.07, 6.45) is 1.91. The molecule has 0 aromatic heterocycles. The molecule has 0 aliphatic carbocycles. The van der Waals surface area contributed by atoms with Gasteiger partial charge in [0.2, 0.25) is 10.0 Å². The zero-order valence-electron chi connectivity index (χ0n) is 11.3. The van der Waals surface area contributed by atoms with Crippen LogP contribution in [0.2, 0.25) is 0 Å². The Morgan fingerprint density at radius 1 is 1.41 bits per heavy atom. The van der Waals surface area contributed by atoms with Gasteiger partial charge in [-0.15, -0.1) is 0 Å². The lowest BCUT2D eigenvalue weighted by Crippen LogP contribution is -2.42. The predicted octanol–water partition coefficient (Wildman–Crippen LogP) is 1.81. The van der Waals surface area contributed by atoms with Crippen molar-refractivity contribution in [1.29, 1.82) is 0 Å². The van der Waals surface area contributed by atoms with Crippen molar-refractivity contribution in [2.45, 2.75) is 57.8 Å². The summed E-state index contributed by atoms with van der Waals surface area (Å²) >= 11 is 0. The molecule has 4 nitrogen and oxygen atoms in total. The van der Waals surface area contributed by atoms with Gasteiger partial charge in [-0.05, 0) is 39.2 Å². The second-order valence-electron chi connectivity index (χ2n) is 5.24. The van der Waals surface area contributed by atoms with E-state index in [1.165, 1.54) is 0 Å². The molecule has 0 unspecified atom stereocenters. The average Bonchev–Trinajstić information content (AvgIpc) is 2.20. The van der Waals surface area contributed by atoms with E-state index in [4.69, 9.17) is 0 Å². The topological polar surface area (TPSA) is 66.4 Å². The zero-order chi connectivity index (χ0) is 13.7. The first-order chi connectivity index (χ1) is 7.62. The first-order valence-corrected chi connectivity index (χ1v) is 7.45. The lowest BCUT2D eigenvalue weighted by atomic mass is 10.1. The van der Waals surface area contributed by atoms with Crippen molar-refractivity contribution in [3.05, 3.63) is 12.2 Å². The molecule has 0 amide bonds. The largest absolute Gasteiger partial charge is 0.387 e. The molecule has 0 saturated heterocycles. The first kappa shape index (κ1) is 16.6. The SMILES string of the molecule is C=C(CCCC)[C@@H](O)CNS(=O)(=O)C(C)(C)C. The Balaban J connectivity index is 4.26. The van der Waals surface area contributed by atoms with Crippen LogP contribution in [0.4, 0.5) is 0 Å². The smallest absolute Gasteiger partial charge is 0.216 e. The second-order valence-corrected chi connectivity index (χ2v) is 7.76. The molecule has 5 heteroatoms. The summed E-state index contributed by atoms with van der Waals surface area (Å²) in [6.45, 7) is 10.7. The van der Waals surface area contributed by atoms with Crippen LogP contribution in [0, 0.1) is 0 Å². The molecule has 0 aliphatic heterocycles. The molecule has 0 rings (SSSR count). The monoisotopic (exact) mass is 263 g/mol. The number of unbranched alkanes of at least 4 members (excludes halogenated alkanes) is 1. The van der Waals surface area contributed by atoms with E-state index in [2.05, 4.69) is 18.2 Å². The van der Waals surface area contributed by atoms with E-state index in [9.17, 15) is 13.5 Å². The molecular formula is C12H25NO3S. The Labute approximate surface area is 105 Å². The van der Waals surface area contributed by atoms with Crippen LogP contribution in [0.15, 0.2) is 12.2 Å². The van der Waals surface area contributed by atoms with Crippen molar-refractivity contribution >= 4 is 10.0 Å². The fraction of sp³-hybridized carbons (Fsp3) is 0.833. The summed E-state index contributed by atoms with van der Waals surface area (Å²) in [4.78, 5) is 0. The van der Waals surface area contributed by atoms with Gasteiger partial charge in [-0.25, -0.2) is 13.1 Å². The normalized spacial score (nSPS) is 14.6. The van der Waals surface area contributed by atoms with Crippen molar-refractivity contribution in [1.82, 2.24) is 4.72 Å². The van der Waals surface area contributed by atoms with Crippen LogP contribution >= 0.6 is 0 Å². The molecule has 2 N–H and O–H groups in total. The van der Waals surface area contributed by atoms with Crippen LogP contribution in [0.1, 0.15) is 47.0 Å². The molecular weight excluding hydrogens is 238 g/mol. The number of hydrogen-bond donors (Lipinski definition) is 2. The highest BCUT2D eigenvalue weighted by atomic mass is 32.2. The average molecular weight is 263 g/mol. The number of rotatable bonds is 7. The number of hydrogen-bond acceptors (Lipinski definition) is 3. The standard InChI is InChI=1S/C12H25NO3S/c1-6-7-8-10(2)11(14)9-13-17(15,16)12(3,4)5/h11,13-14H,2,6-9H2,1,3-5H3/t11-/m0/s1. The number of nitrogens with one attached hydrogen (secondary N) is 1. The van der Waals surface area contributed by atoms with Crippen molar-refractivity contribution in [3.8, 4) is 0 Å². The maximum atomic E-state index is 11.7.